The van der Waals surface area contributed by atoms with Crippen molar-refractivity contribution < 1.29 is 9.47 Å². The molecule has 0 fully saturated rings. The Morgan fingerprint density at radius 2 is 1.11 bits per heavy atom. The summed E-state index contributed by atoms with van der Waals surface area (Å²) in [5.41, 5.74) is 5.88. The molecule has 0 bridgehead atoms. The second-order valence-corrected chi connectivity index (χ2v) is 8.90. The fourth-order valence-corrected chi connectivity index (χ4v) is 4.43. The molecule has 0 amide bonds. The van der Waals surface area contributed by atoms with Crippen molar-refractivity contribution in [2.45, 2.75) is 33.4 Å². The third-order valence-electron chi connectivity index (χ3n) is 6.30. The summed E-state index contributed by atoms with van der Waals surface area (Å²) >= 11 is 0. The van der Waals surface area contributed by atoms with E-state index in [9.17, 15) is 4.79 Å². The number of nitrogens with zero attached hydrogens (tertiary/aromatic N) is 1. The first-order valence-corrected chi connectivity index (χ1v) is 12.2. The largest absolute Gasteiger partial charge is 0.372 e. The summed E-state index contributed by atoms with van der Waals surface area (Å²) in [4.78, 5) is 13.8. The van der Waals surface area contributed by atoms with Gasteiger partial charge in [-0.15, -0.1) is 0 Å². The molecule has 0 saturated heterocycles. The molecule has 0 N–H and O–H groups in total. The maximum Gasteiger partial charge on any atom is 0.263 e. The van der Waals surface area contributed by atoms with E-state index in [2.05, 4.69) is 12.1 Å². The SMILES string of the molecule is Cc1ccc(-n2c(COCc3ccccc3)c(COCc3ccccc3)c3ccccc3c2=O)cc1. The zero-order valence-corrected chi connectivity index (χ0v) is 20.4. The van der Waals surface area contributed by atoms with Crippen LogP contribution < -0.4 is 5.56 Å². The van der Waals surface area contributed by atoms with E-state index in [0.29, 0.717) is 25.2 Å². The summed E-state index contributed by atoms with van der Waals surface area (Å²) < 4.78 is 14.2. The second-order valence-electron chi connectivity index (χ2n) is 8.90. The van der Waals surface area contributed by atoms with Gasteiger partial charge in [-0.25, -0.2) is 0 Å². The van der Waals surface area contributed by atoms with E-state index in [1.165, 1.54) is 0 Å². The molecule has 4 heteroatoms. The van der Waals surface area contributed by atoms with Gasteiger partial charge in [-0.1, -0.05) is 96.6 Å². The van der Waals surface area contributed by atoms with E-state index in [0.717, 1.165) is 39.0 Å². The van der Waals surface area contributed by atoms with E-state index in [-0.39, 0.29) is 12.2 Å². The number of pyridine rings is 1. The van der Waals surface area contributed by atoms with Gasteiger partial charge >= 0.3 is 0 Å². The summed E-state index contributed by atoms with van der Waals surface area (Å²) in [5, 5.41) is 1.57. The molecule has 0 unspecified atom stereocenters. The van der Waals surface area contributed by atoms with Crippen molar-refractivity contribution in [3.63, 3.8) is 0 Å². The van der Waals surface area contributed by atoms with E-state index in [1.54, 1.807) is 4.57 Å². The number of aromatic nitrogens is 1. The highest BCUT2D eigenvalue weighted by atomic mass is 16.5. The van der Waals surface area contributed by atoms with Crippen LogP contribution in [-0.4, -0.2) is 4.57 Å². The quantitative estimate of drug-likeness (QED) is 0.237. The Hall–Kier alpha value is -3.99. The number of hydrogen-bond donors (Lipinski definition) is 0. The van der Waals surface area contributed by atoms with Crippen molar-refractivity contribution in [1.82, 2.24) is 4.57 Å². The fraction of sp³-hybridized carbons (Fsp3) is 0.156. The molecule has 0 aliphatic heterocycles. The van der Waals surface area contributed by atoms with Crippen molar-refractivity contribution in [2.24, 2.45) is 0 Å². The Balaban J connectivity index is 1.57. The van der Waals surface area contributed by atoms with Crippen molar-refractivity contribution in [2.75, 3.05) is 0 Å². The first kappa shape index (κ1) is 23.7. The van der Waals surface area contributed by atoms with Crippen molar-refractivity contribution in [1.29, 1.82) is 0 Å². The Bertz CT molecular complexity index is 1490. The molecular formula is C32H29NO3. The number of benzene rings is 4. The van der Waals surface area contributed by atoms with Crippen LogP contribution in [0.4, 0.5) is 0 Å². The van der Waals surface area contributed by atoms with Crippen LogP contribution >= 0.6 is 0 Å². The summed E-state index contributed by atoms with van der Waals surface area (Å²) in [7, 11) is 0. The maximum atomic E-state index is 13.8. The molecule has 0 radical (unpaired) electrons. The molecule has 36 heavy (non-hydrogen) atoms. The molecule has 0 saturated carbocycles. The minimum Gasteiger partial charge on any atom is -0.372 e. The van der Waals surface area contributed by atoms with Crippen LogP contribution in [0.2, 0.25) is 0 Å². The number of hydrogen-bond acceptors (Lipinski definition) is 3. The van der Waals surface area contributed by atoms with E-state index in [4.69, 9.17) is 9.47 Å². The molecule has 5 aromatic rings. The van der Waals surface area contributed by atoms with Crippen LogP contribution in [0.3, 0.4) is 0 Å². The average molecular weight is 476 g/mol. The summed E-state index contributed by atoms with van der Waals surface area (Å²) in [6.45, 7) is 3.64. The van der Waals surface area contributed by atoms with Crippen LogP contribution in [-0.2, 0) is 35.9 Å². The highest BCUT2D eigenvalue weighted by molar-refractivity contribution is 5.86. The lowest BCUT2D eigenvalue weighted by Gasteiger charge is -2.20. The van der Waals surface area contributed by atoms with Gasteiger partial charge in [0, 0.05) is 16.6 Å². The number of rotatable bonds is 9. The lowest BCUT2D eigenvalue weighted by atomic mass is 10.0. The van der Waals surface area contributed by atoms with Gasteiger partial charge in [-0.2, -0.15) is 0 Å². The van der Waals surface area contributed by atoms with Gasteiger partial charge < -0.3 is 9.47 Å². The molecule has 1 heterocycles. The fourth-order valence-electron chi connectivity index (χ4n) is 4.43. The predicted octanol–water partition coefficient (Wildman–Crippen LogP) is 6.73. The number of fused-ring (bicyclic) bond motifs is 1. The van der Waals surface area contributed by atoms with Crippen LogP contribution in [0.1, 0.15) is 27.9 Å². The van der Waals surface area contributed by atoms with E-state index in [1.807, 2.05) is 104 Å². The Labute approximate surface area is 211 Å². The first-order valence-electron chi connectivity index (χ1n) is 12.2. The minimum atomic E-state index is -0.0560. The van der Waals surface area contributed by atoms with Crippen molar-refractivity contribution >= 4 is 10.8 Å². The summed E-state index contributed by atoms with van der Waals surface area (Å²) in [6.07, 6.45) is 0. The normalized spacial score (nSPS) is 11.1. The lowest BCUT2D eigenvalue weighted by molar-refractivity contribution is 0.0907. The molecular weight excluding hydrogens is 446 g/mol. The third kappa shape index (κ3) is 5.30. The van der Waals surface area contributed by atoms with Gasteiger partial charge in [0.1, 0.15) is 0 Å². The molecule has 5 rings (SSSR count). The number of ether oxygens (including phenoxy) is 2. The Kier molecular flexibility index (Phi) is 7.36. The summed E-state index contributed by atoms with van der Waals surface area (Å²) in [6, 6.07) is 36.0. The van der Waals surface area contributed by atoms with Gasteiger partial charge in [0.05, 0.1) is 32.1 Å². The molecule has 1 aromatic heterocycles. The molecule has 0 spiro atoms. The Morgan fingerprint density at radius 1 is 0.583 bits per heavy atom. The molecule has 180 valence electrons. The standard InChI is InChI=1S/C32H29NO3/c1-24-16-18-27(19-17-24)33-31(23-36-21-26-12-6-3-7-13-26)30(22-35-20-25-10-4-2-5-11-25)28-14-8-9-15-29(28)32(33)34/h2-19H,20-23H2,1H3. The number of aryl methyl sites for hydroxylation is 1. The van der Waals surface area contributed by atoms with Gasteiger partial charge in [-0.3, -0.25) is 9.36 Å². The second kappa shape index (κ2) is 11.2. The molecule has 4 nitrogen and oxygen atoms in total. The monoisotopic (exact) mass is 475 g/mol. The van der Waals surface area contributed by atoms with E-state index >= 15 is 0 Å². The molecule has 0 aliphatic rings. The molecule has 0 atom stereocenters. The zero-order valence-electron chi connectivity index (χ0n) is 20.4. The van der Waals surface area contributed by atoms with Crippen molar-refractivity contribution in [3.8, 4) is 5.69 Å². The highest BCUT2D eigenvalue weighted by Crippen LogP contribution is 2.25. The minimum absolute atomic E-state index is 0.0560. The Morgan fingerprint density at radius 3 is 1.72 bits per heavy atom. The van der Waals surface area contributed by atoms with E-state index < -0.39 is 0 Å². The van der Waals surface area contributed by atoms with Gasteiger partial charge in [0.25, 0.3) is 5.56 Å². The van der Waals surface area contributed by atoms with Gasteiger partial charge in [0.2, 0.25) is 0 Å². The van der Waals surface area contributed by atoms with Gasteiger partial charge in [-0.05, 0) is 41.6 Å². The third-order valence-corrected chi connectivity index (χ3v) is 6.30. The van der Waals surface area contributed by atoms with Crippen LogP contribution in [0.5, 0.6) is 0 Å². The van der Waals surface area contributed by atoms with Crippen LogP contribution in [0.25, 0.3) is 16.5 Å². The van der Waals surface area contributed by atoms with Crippen LogP contribution in [0.15, 0.2) is 114 Å². The maximum absolute atomic E-state index is 13.8. The topological polar surface area (TPSA) is 40.5 Å². The van der Waals surface area contributed by atoms with Crippen LogP contribution in [0, 0.1) is 6.92 Å². The smallest absolute Gasteiger partial charge is 0.263 e. The lowest BCUT2D eigenvalue weighted by Crippen LogP contribution is -2.25. The predicted molar refractivity (Wildman–Crippen MR) is 144 cm³/mol. The van der Waals surface area contributed by atoms with Gasteiger partial charge in [0.15, 0.2) is 0 Å². The first-order chi connectivity index (χ1) is 17.7. The van der Waals surface area contributed by atoms with Crippen molar-refractivity contribution in [3.05, 3.63) is 147 Å². The molecule has 4 aromatic carbocycles. The molecule has 0 aliphatic carbocycles. The average Bonchev–Trinajstić information content (AvgIpc) is 2.92. The summed E-state index contributed by atoms with van der Waals surface area (Å²) in [5.74, 6) is 0. The highest BCUT2D eigenvalue weighted by Gasteiger charge is 2.18. The zero-order chi connectivity index (χ0) is 24.7.